The van der Waals surface area contributed by atoms with E-state index in [0.717, 1.165) is 16.8 Å². The van der Waals surface area contributed by atoms with Crippen molar-refractivity contribution in [3.8, 4) is 0 Å². The van der Waals surface area contributed by atoms with Gasteiger partial charge in [-0.2, -0.15) is 0 Å². The lowest BCUT2D eigenvalue weighted by atomic mass is 10.2. The molecule has 0 aliphatic carbocycles. The molecule has 0 unspecified atom stereocenters. The number of hydrogen-bond acceptors (Lipinski definition) is 4. The maximum Gasteiger partial charge on any atom is 0.273 e. The molecule has 2 amide bonds. The summed E-state index contributed by atoms with van der Waals surface area (Å²) in [6.45, 7) is 0.329. The Morgan fingerprint density at radius 1 is 1.04 bits per heavy atom. The Labute approximate surface area is 159 Å². The van der Waals surface area contributed by atoms with Crippen LogP contribution >= 0.6 is 0 Å². The van der Waals surface area contributed by atoms with E-state index in [0.29, 0.717) is 18.7 Å². The molecule has 1 saturated heterocycles. The molecule has 0 atom stereocenters. The van der Waals surface area contributed by atoms with Crippen molar-refractivity contribution >= 4 is 34.0 Å². The number of aromatic nitrogens is 2. The summed E-state index contributed by atoms with van der Waals surface area (Å²) in [6.07, 6.45) is 1.34. The fourth-order valence-electron chi connectivity index (χ4n) is 3.37. The third-order valence-electron chi connectivity index (χ3n) is 4.70. The second-order valence-electron chi connectivity index (χ2n) is 6.63. The summed E-state index contributed by atoms with van der Waals surface area (Å²) in [5, 5.41) is 5.68. The van der Waals surface area contributed by atoms with E-state index in [9.17, 15) is 19.2 Å². The van der Waals surface area contributed by atoms with Crippen LogP contribution in [0.25, 0.3) is 10.8 Å². The Kier molecular flexibility index (Phi) is 4.52. The number of rotatable bonds is 4. The molecule has 142 valence electrons. The van der Waals surface area contributed by atoms with Crippen molar-refractivity contribution in [2.75, 3.05) is 16.8 Å². The van der Waals surface area contributed by atoms with Crippen LogP contribution in [0.1, 0.15) is 12.8 Å². The van der Waals surface area contributed by atoms with Crippen LogP contribution < -0.4 is 21.3 Å². The van der Waals surface area contributed by atoms with Crippen molar-refractivity contribution in [2.24, 2.45) is 0 Å². The van der Waals surface area contributed by atoms with E-state index in [2.05, 4.69) is 10.4 Å². The zero-order valence-corrected chi connectivity index (χ0v) is 15.0. The van der Waals surface area contributed by atoms with E-state index in [1.54, 1.807) is 47.4 Å². The van der Waals surface area contributed by atoms with E-state index in [1.165, 1.54) is 0 Å². The first-order valence-corrected chi connectivity index (χ1v) is 8.95. The minimum absolute atomic E-state index is 0.0590. The highest BCUT2D eigenvalue weighted by atomic mass is 16.2. The molecule has 1 aromatic heterocycles. The predicted octanol–water partition coefficient (Wildman–Crippen LogP) is 1.46. The molecule has 1 fully saturated rings. The number of benzene rings is 2. The zero-order valence-electron chi connectivity index (χ0n) is 15.0. The van der Waals surface area contributed by atoms with Crippen molar-refractivity contribution in [2.45, 2.75) is 19.4 Å². The highest BCUT2D eigenvalue weighted by Crippen LogP contribution is 2.24. The molecular weight excluding hydrogens is 360 g/mol. The molecule has 1 aliphatic heterocycles. The molecule has 2 heterocycles. The van der Waals surface area contributed by atoms with Gasteiger partial charge in [0.1, 0.15) is 6.54 Å². The quantitative estimate of drug-likeness (QED) is 0.717. The molecule has 8 nitrogen and oxygen atoms in total. The molecule has 0 saturated carbocycles. The van der Waals surface area contributed by atoms with Gasteiger partial charge in [-0.15, -0.1) is 0 Å². The van der Waals surface area contributed by atoms with Gasteiger partial charge in [-0.25, -0.2) is 4.68 Å². The fourth-order valence-corrected chi connectivity index (χ4v) is 3.37. The largest absolute Gasteiger partial charge is 0.324 e. The Morgan fingerprint density at radius 2 is 1.82 bits per heavy atom. The Balaban J connectivity index is 1.55. The van der Waals surface area contributed by atoms with Crippen LogP contribution in [0.5, 0.6) is 0 Å². The van der Waals surface area contributed by atoms with Crippen molar-refractivity contribution in [3.05, 3.63) is 69.2 Å². The number of aromatic amines is 1. The Hall–Kier alpha value is -3.68. The third-order valence-corrected chi connectivity index (χ3v) is 4.70. The number of carbonyl (C=O) groups is 2. The van der Waals surface area contributed by atoms with Gasteiger partial charge >= 0.3 is 0 Å². The molecule has 3 aromatic rings. The van der Waals surface area contributed by atoms with E-state index in [4.69, 9.17) is 0 Å². The Bertz CT molecular complexity index is 1190. The smallest absolute Gasteiger partial charge is 0.273 e. The second-order valence-corrected chi connectivity index (χ2v) is 6.63. The highest BCUT2D eigenvalue weighted by molar-refractivity contribution is 5.97. The first-order valence-electron chi connectivity index (χ1n) is 8.95. The summed E-state index contributed by atoms with van der Waals surface area (Å²) in [4.78, 5) is 50.6. The van der Waals surface area contributed by atoms with Crippen LogP contribution in [-0.4, -0.2) is 28.1 Å². The number of nitrogens with one attached hydrogen (secondary N) is 2. The van der Waals surface area contributed by atoms with E-state index in [1.807, 2.05) is 6.07 Å². The monoisotopic (exact) mass is 378 g/mol. The molecule has 2 N–H and O–H groups in total. The average molecular weight is 378 g/mol. The van der Waals surface area contributed by atoms with Gasteiger partial charge in [0.25, 0.3) is 11.1 Å². The van der Waals surface area contributed by atoms with Gasteiger partial charge in [0.15, 0.2) is 0 Å². The number of amides is 2. The standard InChI is InChI=1S/C20H18N4O4/c25-17(12-24-20(28)16-8-2-1-7-15(16)19(27)22-24)21-13-5-3-6-14(11-13)23-10-4-9-18(23)26/h1-3,5-8,11H,4,9-10,12H2,(H,21,25)(H,22,27). The van der Waals surface area contributed by atoms with Gasteiger partial charge in [0, 0.05) is 24.3 Å². The predicted molar refractivity (Wildman–Crippen MR) is 105 cm³/mol. The molecule has 4 rings (SSSR count). The number of carbonyl (C=O) groups excluding carboxylic acids is 2. The van der Waals surface area contributed by atoms with E-state index in [-0.39, 0.29) is 23.2 Å². The molecule has 0 bridgehead atoms. The number of fused-ring (bicyclic) bond motifs is 1. The van der Waals surface area contributed by atoms with Gasteiger partial charge in [0.2, 0.25) is 11.8 Å². The Morgan fingerprint density at radius 3 is 2.57 bits per heavy atom. The summed E-state index contributed by atoms with van der Waals surface area (Å²) < 4.78 is 0.994. The van der Waals surface area contributed by atoms with Gasteiger partial charge in [-0.3, -0.25) is 24.3 Å². The SMILES string of the molecule is O=C(Cn1[nH]c(=O)c2ccccc2c1=O)Nc1cccc(N2CCCC2=O)c1. The summed E-state index contributed by atoms with van der Waals surface area (Å²) >= 11 is 0. The minimum Gasteiger partial charge on any atom is -0.324 e. The number of hydrogen-bond donors (Lipinski definition) is 2. The van der Waals surface area contributed by atoms with Crippen molar-refractivity contribution in [1.82, 2.24) is 9.78 Å². The maximum atomic E-state index is 12.5. The summed E-state index contributed by atoms with van der Waals surface area (Å²) in [7, 11) is 0. The molecule has 8 heteroatoms. The normalized spacial score (nSPS) is 13.9. The third kappa shape index (κ3) is 3.32. The van der Waals surface area contributed by atoms with Crippen LogP contribution in [0, 0.1) is 0 Å². The molecule has 0 spiro atoms. The summed E-state index contributed by atoms with van der Waals surface area (Å²) in [6, 6.07) is 13.4. The first kappa shape index (κ1) is 17.7. The van der Waals surface area contributed by atoms with Gasteiger partial charge in [0.05, 0.1) is 10.8 Å². The highest BCUT2D eigenvalue weighted by Gasteiger charge is 2.21. The van der Waals surface area contributed by atoms with Crippen LogP contribution in [0.3, 0.4) is 0 Å². The van der Waals surface area contributed by atoms with Crippen molar-refractivity contribution in [1.29, 1.82) is 0 Å². The van der Waals surface area contributed by atoms with E-state index < -0.39 is 17.0 Å². The molecule has 1 aliphatic rings. The van der Waals surface area contributed by atoms with Crippen LogP contribution in [-0.2, 0) is 16.1 Å². The minimum atomic E-state index is -0.460. The van der Waals surface area contributed by atoms with Crippen molar-refractivity contribution in [3.63, 3.8) is 0 Å². The first-order chi connectivity index (χ1) is 13.5. The van der Waals surface area contributed by atoms with E-state index >= 15 is 0 Å². The van der Waals surface area contributed by atoms with Gasteiger partial charge < -0.3 is 10.2 Å². The van der Waals surface area contributed by atoms with Gasteiger partial charge in [-0.1, -0.05) is 18.2 Å². The summed E-state index contributed by atoms with van der Waals surface area (Å²) in [5.41, 5.74) is 0.356. The lowest BCUT2D eigenvalue weighted by molar-refractivity contribution is -0.117. The number of H-pyrrole nitrogens is 1. The topological polar surface area (TPSA) is 104 Å². The average Bonchev–Trinajstić information content (AvgIpc) is 3.12. The van der Waals surface area contributed by atoms with Crippen LogP contribution in [0.2, 0.25) is 0 Å². The van der Waals surface area contributed by atoms with Gasteiger partial charge in [-0.05, 0) is 36.8 Å². The lowest BCUT2D eigenvalue weighted by Gasteiger charge is -2.17. The van der Waals surface area contributed by atoms with Crippen LogP contribution in [0.15, 0.2) is 58.1 Å². The maximum absolute atomic E-state index is 12.5. The zero-order chi connectivity index (χ0) is 19.7. The fraction of sp³-hybridized carbons (Fsp3) is 0.200. The molecule has 2 aromatic carbocycles. The second kappa shape index (κ2) is 7.15. The van der Waals surface area contributed by atoms with Crippen LogP contribution in [0.4, 0.5) is 11.4 Å². The number of anilines is 2. The van der Waals surface area contributed by atoms with Crippen molar-refractivity contribution < 1.29 is 9.59 Å². The summed E-state index contributed by atoms with van der Waals surface area (Å²) in [5.74, 6) is -0.401. The lowest BCUT2D eigenvalue weighted by Crippen LogP contribution is -2.34. The number of nitrogens with zero attached hydrogens (tertiary/aromatic N) is 2. The molecular formula is C20H18N4O4. The molecule has 28 heavy (non-hydrogen) atoms. The molecule has 0 radical (unpaired) electrons.